The molecule has 0 radical (unpaired) electrons. The highest BCUT2D eigenvalue weighted by Gasteiger charge is 2.09. The lowest BCUT2D eigenvalue weighted by atomic mass is 10.3. The Hall–Kier alpha value is -2.50. The number of carbonyl (C=O) groups is 1. The van der Waals surface area contributed by atoms with Gasteiger partial charge >= 0.3 is 5.97 Å². The van der Waals surface area contributed by atoms with E-state index in [9.17, 15) is 9.18 Å². The van der Waals surface area contributed by atoms with Gasteiger partial charge in [-0.1, -0.05) is 0 Å². The van der Waals surface area contributed by atoms with Crippen molar-refractivity contribution in [1.29, 1.82) is 0 Å². The second kappa shape index (κ2) is 5.43. The van der Waals surface area contributed by atoms with Crippen molar-refractivity contribution < 1.29 is 23.4 Å². The van der Waals surface area contributed by atoms with Crippen LogP contribution in [0.15, 0.2) is 34.7 Å². The van der Waals surface area contributed by atoms with Crippen LogP contribution >= 0.6 is 0 Å². The molecule has 2 N–H and O–H groups in total. The molecule has 0 saturated carbocycles. The summed E-state index contributed by atoms with van der Waals surface area (Å²) in [7, 11) is 1.49. The predicted octanol–water partition coefficient (Wildman–Crippen LogP) is 2.74. The molecule has 0 aliphatic rings. The number of ether oxygens (including phenoxy) is 1. The fourth-order valence-corrected chi connectivity index (χ4v) is 1.54. The third-order valence-corrected chi connectivity index (χ3v) is 2.50. The van der Waals surface area contributed by atoms with Gasteiger partial charge in [-0.3, -0.25) is 0 Å². The summed E-state index contributed by atoms with van der Waals surface area (Å²) < 4.78 is 23.5. The van der Waals surface area contributed by atoms with Gasteiger partial charge in [-0.15, -0.1) is 0 Å². The molecule has 100 valence electrons. The second-order valence-electron chi connectivity index (χ2n) is 3.77. The van der Waals surface area contributed by atoms with Gasteiger partial charge in [0.1, 0.15) is 17.3 Å². The van der Waals surface area contributed by atoms with Crippen molar-refractivity contribution in [3.8, 4) is 5.75 Å². The van der Waals surface area contributed by atoms with Crippen LogP contribution < -0.4 is 10.1 Å². The number of aromatic carboxylic acids is 1. The number of benzene rings is 1. The van der Waals surface area contributed by atoms with E-state index in [0.717, 1.165) is 0 Å². The Kier molecular flexibility index (Phi) is 3.70. The molecular formula is C13H12FNO4. The second-order valence-corrected chi connectivity index (χ2v) is 3.77. The summed E-state index contributed by atoms with van der Waals surface area (Å²) in [5, 5.41) is 11.5. The van der Waals surface area contributed by atoms with Crippen LogP contribution in [-0.4, -0.2) is 18.2 Å². The Morgan fingerprint density at radius 1 is 1.42 bits per heavy atom. The van der Waals surface area contributed by atoms with E-state index in [2.05, 4.69) is 5.32 Å². The largest absolute Gasteiger partial charge is 0.497 e. The number of halogens is 1. The van der Waals surface area contributed by atoms with Crippen molar-refractivity contribution in [2.75, 3.05) is 12.4 Å². The lowest BCUT2D eigenvalue weighted by Crippen LogP contribution is -2.01. The minimum atomic E-state index is -1.14. The predicted molar refractivity (Wildman–Crippen MR) is 65.9 cm³/mol. The van der Waals surface area contributed by atoms with Gasteiger partial charge in [0.05, 0.1) is 19.3 Å². The van der Waals surface area contributed by atoms with Crippen LogP contribution in [0.4, 0.5) is 10.1 Å². The lowest BCUT2D eigenvalue weighted by Gasteiger charge is -2.07. The molecule has 0 atom stereocenters. The summed E-state index contributed by atoms with van der Waals surface area (Å²) in [6, 6.07) is 7.17. The molecule has 0 aliphatic carbocycles. The highest BCUT2D eigenvalue weighted by atomic mass is 19.1. The Morgan fingerprint density at radius 2 is 2.21 bits per heavy atom. The normalized spacial score (nSPS) is 10.2. The maximum Gasteiger partial charge on any atom is 0.371 e. The summed E-state index contributed by atoms with van der Waals surface area (Å²) >= 11 is 0. The SMILES string of the molecule is COc1ccc(F)c(NCc2ccc(C(=O)O)o2)c1. The first-order valence-electron chi connectivity index (χ1n) is 5.49. The molecule has 1 heterocycles. The molecule has 5 nitrogen and oxygen atoms in total. The van der Waals surface area contributed by atoms with E-state index in [-0.39, 0.29) is 18.0 Å². The van der Waals surface area contributed by atoms with Gasteiger partial charge in [0.15, 0.2) is 0 Å². The van der Waals surface area contributed by atoms with E-state index in [0.29, 0.717) is 11.5 Å². The van der Waals surface area contributed by atoms with Crippen LogP contribution in [0.3, 0.4) is 0 Å². The van der Waals surface area contributed by atoms with Gasteiger partial charge < -0.3 is 19.6 Å². The summed E-state index contributed by atoms with van der Waals surface area (Å²) in [6.45, 7) is 0.178. The molecule has 0 saturated heterocycles. The van der Waals surface area contributed by atoms with E-state index in [4.69, 9.17) is 14.3 Å². The fourth-order valence-electron chi connectivity index (χ4n) is 1.54. The first-order valence-corrected chi connectivity index (χ1v) is 5.49. The number of furan rings is 1. The highest BCUT2D eigenvalue weighted by Crippen LogP contribution is 2.22. The Morgan fingerprint density at radius 3 is 2.84 bits per heavy atom. The summed E-state index contributed by atoms with van der Waals surface area (Å²) in [5.41, 5.74) is 0.257. The van der Waals surface area contributed by atoms with Crippen molar-refractivity contribution >= 4 is 11.7 Å². The lowest BCUT2D eigenvalue weighted by molar-refractivity contribution is 0.0660. The zero-order chi connectivity index (χ0) is 13.8. The van der Waals surface area contributed by atoms with E-state index in [1.807, 2.05) is 0 Å². The van der Waals surface area contributed by atoms with Crippen LogP contribution in [0.2, 0.25) is 0 Å². The van der Waals surface area contributed by atoms with Crippen molar-refractivity contribution in [3.63, 3.8) is 0 Å². The molecule has 0 aliphatic heterocycles. The summed E-state index contributed by atoms with van der Waals surface area (Å²) in [5.74, 6) is -0.790. The van der Waals surface area contributed by atoms with Crippen LogP contribution in [-0.2, 0) is 6.54 Å². The van der Waals surface area contributed by atoms with Crippen molar-refractivity contribution in [2.24, 2.45) is 0 Å². The average Bonchev–Trinajstić information content (AvgIpc) is 2.87. The average molecular weight is 265 g/mol. The molecule has 1 aromatic heterocycles. The molecule has 19 heavy (non-hydrogen) atoms. The smallest absolute Gasteiger partial charge is 0.371 e. The number of hydrogen-bond donors (Lipinski definition) is 2. The maximum absolute atomic E-state index is 13.5. The Bertz CT molecular complexity index is 594. The fraction of sp³-hybridized carbons (Fsp3) is 0.154. The van der Waals surface area contributed by atoms with Gasteiger partial charge in [0.25, 0.3) is 0 Å². The number of methoxy groups -OCH3 is 1. The Balaban J connectivity index is 2.07. The van der Waals surface area contributed by atoms with E-state index in [1.54, 1.807) is 0 Å². The molecule has 0 fully saturated rings. The number of nitrogens with one attached hydrogen (secondary N) is 1. The number of hydrogen-bond acceptors (Lipinski definition) is 4. The van der Waals surface area contributed by atoms with Crippen LogP contribution in [0.25, 0.3) is 0 Å². The Labute approximate surface area is 108 Å². The van der Waals surface area contributed by atoms with Gasteiger partial charge in [-0.25, -0.2) is 9.18 Å². The van der Waals surface area contributed by atoms with Gasteiger partial charge in [-0.05, 0) is 24.3 Å². The van der Waals surface area contributed by atoms with E-state index in [1.165, 1.54) is 37.4 Å². The summed E-state index contributed by atoms with van der Waals surface area (Å²) in [4.78, 5) is 10.6. The maximum atomic E-state index is 13.5. The van der Waals surface area contributed by atoms with E-state index >= 15 is 0 Å². The minimum absolute atomic E-state index is 0.150. The number of carboxylic acid groups (broad SMARTS) is 1. The topological polar surface area (TPSA) is 71.7 Å². The molecule has 0 bridgehead atoms. The van der Waals surface area contributed by atoms with E-state index < -0.39 is 11.8 Å². The first-order chi connectivity index (χ1) is 9.10. The quantitative estimate of drug-likeness (QED) is 0.869. The van der Waals surface area contributed by atoms with Crippen molar-refractivity contribution in [3.05, 3.63) is 47.7 Å². The zero-order valence-corrected chi connectivity index (χ0v) is 10.1. The number of anilines is 1. The first kappa shape index (κ1) is 12.9. The van der Waals surface area contributed by atoms with Crippen molar-refractivity contribution in [2.45, 2.75) is 6.54 Å². The molecule has 2 aromatic rings. The van der Waals surface area contributed by atoms with Crippen LogP contribution in [0, 0.1) is 5.82 Å². The molecule has 1 aromatic carbocycles. The standard InChI is InChI=1S/C13H12FNO4/c1-18-8-2-4-10(14)11(6-8)15-7-9-3-5-12(19-9)13(16)17/h2-6,15H,7H2,1H3,(H,16,17). The summed E-state index contributed by atoms with van der Waals surface area (Å²) in [6.07, 6.45) is 0. The molecular weight excluding hydrogens is 253 g/mol. The molecule has 0 amide bonds. The monoisotopic (exact) mass is 265 g/mol. The molecule has 6 heteroatoms. The van der Waals surface area contributed by atoms with Crippen molar-refractivity contribution in [1.82, 2.24) is 0 Å². The van der Waals surface area contributed by atoms with Gasteiger partial charge in [0.2, 0.25) is 5.76 Å². The minimum Gasteiger partial charge on any atom is -0.497 e. The molecule has 0 spiro atoms. The number of carboxylic acids is 1. The van der Waals surface area contributed by atoms with Crippen LogP contribution in [0.5, 0.6) is 5.75 Å². The third-order valence-electron chi connectivity index (χ3n) is 2.50. The van der Waals surface area contributed by atoms with Gasteiger partial charge in [-0.2, -0.15) is 0 Å². The zero-order valence-electron chi connectivity index (χ0n) is 10.1. The molecule has 2 rings (SSSR count). The van der Waals surface area contributed by atoms with Crippen LogP contribution in [0.1, 0.15) is 16.3 Å². The highest BCUT2D eigenvalue weighted by molar-refractivity contribution is 5.84. The number of rotatable bonds is 5. The third kappa shape index (κ3) is 3.04. The van der Waals surface area contributed by atoms with Gasteiger partial charge in [0, 0.05) is 6.07 Å². The molecule has 0 unspecified atom stereocenters.